The molecule has 2 saturated heterocycles. The van der Waals surface area contributed by atoms with Crippen LogP contribution in [0.5, 0.6) is 5.75 Å². The number of carbonyl (C=O) groups is 2. The fourth-order valence-corrected chi connectivity index (χ4v) is 4.42. The largest absolute Gasteiger partial charge is 0.507 e. The number of hydrogen-bond donors (Lipinski definition) is 1. The van der Waals surface area contributed by atoms with Crippen molar-refractivity contribution in [2.24, 2.45) is 0 Å². The lowest BCUT2D eigenvalue weighted by atomic mass is 9.95. The van der Waals surface area contributed by atoms with Crippen molar-refractivity contribution in [1.29, 1.82) is 0 Å². The molecular formula is C25H27ClN2O5. The Labute approximate surface area is 198 Å². The molecule has 1 unspecified atom stereocenters. The van der Waals surface area contributed by atoms with E-state index < -0.39 is 17.7 Å². The Morgan fingerprint density at radius 1 is 1.06 bits per heavy atom. The van der Waals surface area contributed by atoms with Gasteiger partial charge in [-0.05, 0) is 48.4 Å². The highest BCUT2D eigenvalue weighted by Gasteiger charge is 2.45. The average molecular weight is 471 g/mol. The van der Waals surface area contributed by atoms with Crippen LogP contribution in [0, 0.1) is 0 Å². The molecule has 2 aliphatic rings. The number of halogens is 1. The standard InChI is InChI=1S/C25H27ClN2O5/c1-32-20-9-5-18(6-10-20)23(29)21-22(17-3-7-19(26)8-4-17)28(25(31)24(21)30)12-2-11-27-13-15-33-16-14-27/h3-10,22,29H,2,11-16H2,1H3/b23-21-. The van der Waals surface area contributed by atoms with Gasteiger partial charge in [-0.3, -0.25) is 14.5 Å². The molecule has 0 spiro atoms. The van der Waals surface area contributed by atoms with Gasteiger partial charge < -0.3 is 19.5 Å². The van der Waals surface area contributed by atoms with Crippen molar-refractivity contribution in [3.63, 3.8) is 0 Å². The van der Waals surface area contributed by atoms with Crippen LogP contribution in [-0.2, 0) is 14.3 Å². The predicted octanol–water partition coefficient (Wildman–Crippen LogP) is 3.49. The lowest BCUT2D eigenvalue weighted by Gasteiger charge is -2.29. The number of methoxy groups -OCH3 is 1. The number of Topliss-reactive ketones (excluding diaryl/α,β-unsaturated/α-hetero) is 1. The maximum atomic E-state index is 13.1. The number of likely N-dealkylation sites (tertiary alicyclic amines) is 1. The van der Waals surface area contributed by atoms with Crippen LogP contribution in [0.15, 0.2) is 54.1 Å². The van der Waals surface area contributed by atoms with E-state index >= 15 is 0 Å². The Morgan fingerprint density at radius 2 is 1.73 bits per heavy atom. The maximum absolute atomic E-state index is 13.1. The zero-order valence-corrected chi connectivity index (χ0v) is 19.3. The molecule has 0 bridgehead atoms. The minimum absolute atomic E-state index is 0.0823. The molecule has 2 aromatic rings. The number of aliphatic hydroxyl groups excluding tert-OH is 1. The number of amides is 1. The second-order valence-electron chi connectivity index (χ2n) is 8.08. The molecule has 1 atom stereocenters. The van der Waals surface area contributed by atoms with Crippen LogP contribution in [0.3, 0.4) is 0 Å². The summed E-state index contributed by atoms with van der Waals surface area (Å²) in [6.07, 6.45) is 0.708. The van der Waals surface area contributed by atoms with E-state index in [1.165, 1.54) is 0 Å². The van der Waals surface area contributed by atoms with Crippen LogP contribution >= 0.6 is 11.6 Å². The van der Waals surface area contributed by atoms with E-state index in [1.54, 1.807) is 60.5 Å². The molecule has 8 heteroatoms. The van der Waals surface area contributed by atoms with Gasteiger partial charge in [0.15, 0.2) is 0 Å². The lowest BCUT2D eigenvalue weighted by molar-refractivity contribution is -0.140. The fourth-order valence-electron chi connectivity index (χ4n) is 4.30. The number of nitrogens with zero attached hydrogens (tertiary/aromatic N) is 2. The maximum Gasteiger partial charge on any atom is 0.295 e. The topological polar surface area (TPSA) is 79.3 Å². The molecule has 2 aliphatic heterocycles. The first kappa shape index (κ1) is 23.3. The zero-order chi connectivity index (χ0) is 23.4. The SMILES string of the molecule is COc1ccc(/C(O)=C2/C(=O)C(=O)N(CCCN3CCOCC3)C2c2ccc(Cl)cc2)cc1. The van der Waals surface area contributed by atoms with Crippen molar-refractivity contribution in [2.75, 3.05) is 46.5 Å². The summed E-state index contributed by atoms with van der Waals surface area (Å²) in [4.78, 5) is 30.0. The Bertz CT molecular complexity index is 1030. The number of carbonyl (C=O) groups excluding carboxylic acids is 2. The van der Waals surface area contributed by atoms with Crippen molar-refractivity contribution in [2.45, 2.75) is 12.5 Å². The number of benzene rings is 2. The van der Waals surface area contributed by atoms with Crippen molar-refractivity contribution >= 4 is 29.1 Å². The summed E-state index contributed by atoms with van der Waals surface area (Å²) in [6.45, 7) is 4.33. The van der Waals surface area contributed by atoms with Gasteiger partial charge in [-0.1, -0.05) is 23.7 Å². The van der Waals surface area contributed by atoms with Crippen molar-refractivity contribution in [3.8, 4) is 5.75 Å². The van der Waals surface area contributed by atoms with Gasteiger partial charge in [0, 0.05) is 36.8 Å². The van der Waals surface area contributed by atoms with Crippen molar-refractivity contribution in [1.82, 2.24) is 9.80 Å². The van der Waals surface area contributed by atoms with Crippen LogP contribution in [0.25, 0.3) is 5.76 Å². The fraction of sp³-hybridized carbons (Fsp3) is 0.360. The highest BCUT2D eigenvalue weighted by atomic mass is 35.5. The molecule has 7 nitrogen and oxygen atoms in total. The molecule has 4 rings (SSSR count). The van der Waals surface area contributed by atoms with E-state index in [0.29, 0.717) is 42.5 Å². The highest BCUT2D eigenvalue weighted by molar-refractivity contribution is 6.46. The molecule has 0 radical (unpaired) electrons. The normalized spacial score (nSPS) is 20.9. The first-order valence-electron chi connectivity index (χ1n) is 11.0. The lowest BCUT2D eigenvalue weighted by Crippen LogP contribution is -2.38. The van der Waals surface area contributed by atoms with Gasteiger partial charge in [0.05, 0.1) is 31.9 Å². The summed E-state index contributed by atoms with van der Waals surface area (Å²) in [5, 5.41) is 11.7. The monoisotopic (exact) mass is 470 g/mol. The third-order valence-electron chi connectivity index (χ3n) is 6.07. The van der Waals surface area contributed by atoms with Crippen LogP contribution in [0.4, 0.5) is 0 Å². The Kier molecular flexibility index (Phi) is 7.33. The van der Waals surface area contributed by atoms with E-state index in [4.69, 9.17) is 21.1 Å². The quantitative estimate of drug-likeness (QED) is 0.379. The van der Waals surface area contributed by atoms with E-state index in [9.17, 15) is 14.7 Å². The summed E-state index contributed by atoms with van der Waals surface area (Å²) in [6, 6.07) is 13.1. The molecule has 33 heavy (non-hydrogen) atoms. The summed E-state index contributed by atoms with van der Waals surface area (Å²) >= 11 is 6.07. The number of morpholine rings is 1. The molecular weight excluding hydrogens is 444 g/mol. The van der Waals surface area contributed by atoms with E-state index in [2.05, 4.69) is 4.90 Å². The van der Waals surface area contributed by atoms with Crippen LogP contribution in [0.1, 0.15) is 23.6 Å². The van der Waals surface area contributed by atoms with Gasteiger partial charge in [0.1, 0.15) is 11.5 Å². The number of hydrogen-bond acceptors (Lipinski definition) is 6. The third kappa shape index (κ3) is 5.05. The minimum Gasteiger partial charge on any atom is -0.507 e. The first-order chi connectivity index (χ1) is 16.0. The van der Waals surface area contributed by atoms with Gasteiger partial charge in [-0.2, -0.15) is 0 Å². The second kappa shape index (κ2) is 10.4. The highest BCUT2D eigenvalue weighted by Crippen LogP contribution is 2.39. The average Bonchev–Trinajstić information content (AvgIpc) is 3.10. The molecule has 2 fully saturated rings. The van der Waals surface area contributed by atoms with Crippen LogP contribution < -0.4 is 4.74 Å². The van der Waals surface area contributed by atoms with E-state index in [1.807, 2.05) is 0 Å². The summed E-state index contributed by atoms with van der Waals surface area (Å²) < 4.78 is 10.6. The molecule has 0 saturated carbocycles. The summed E-state index contributed by atoms with van der Waals surface area (Å²) in [7, 11) is 1.55. The smallest absolute Gasteiger partial charge is 0.295 e. The number of aliphatic hydroxyl groups is 1. The van der Waals surface area contributed by atoms with Crippen LogP contribution in [0.2, 0.25) is 5.02 Å². The minimum atomic E-state index is -0.686. The third-order valence-corrected chi connectivity index (χ3v) is 6.32. The number of ether oxygens (including phenoxy) is 2. The van der Waals surface area contributed by atoms with Crippen molar-refractivity contribution in [3.05, 3.63) is 70.3 Å². The molecule has 2 heterocycles. The van der Waals surface area contributed by atoms with Crippen molar-refractivity contribution < 1.29 is 24.2 Å². The number of ketones is 1. The van der Waals surface area contributed by atoms with Gasteiger partial charge in [0.25, 0.3) is 11.7 Å². The molecule has 0 aromatic heterocycles. The molecule has 0 aliphatic carbocycles. The van der Waals surface area contributed by atoms with Gasteiger partial charge >= 0.3 is 0 Å². The summed E-state index contributed by atoms with van der Waals surface area (Å²) in [5.74, 6) is -0.863. The molecule has 2 aromatic carbocycles. The Morgan fingerprint density at radius 3 is 2.36 bits per heavy atom. The zero-order valence-electron chi connectivity index (χ0n) is 18.5. The first-order valence-corrected chi connectivity index (χ1v) is 11.4. The Hall–Kier alpha value is -2.87. The molecule has 1 amide bonds. The predicted molar refractivity (Wildman–Crippen MR) is 125 cm³/mol. The number of rotatable bonds is 7. The van der Waals surface area contributed by atoms with E-state index in [0.717, 1.165) is 25.2 Å². The van der Waals surface area contributed by atoms with E-state index in [-0.39, 0.29) is 11.3 Å². The van der Waals surface area contributed by atoms with Crippen LogP contribution in [-0.4, -0.2) is 73.1 Å². The Balaban J connectivity index is 1.65. The second-order valence-corrected chi connectivity index (χ2v) is 8.52. The van der Waals surface area contributed by atoms with Gasteiger partial charge in [0.2, 0.25) is 0 Å². The van der Waals surface area contributed by atoms with Gasteiger partial charge in [-0.15, -0.1) is 0 Å². The molecule has 1 N–H and O–H groups in total. The molecule has 174 valence electrons. The summed E-state index contributed by atoms with van der Waals surface area (Å²) in [5.41, 5.74) is 1.25. The van der Waals surface area contributed by atoms with Gasteiger partial charge in [-0.25, -0.2) is 0 Å².